The van der Waals surface area contributed by atoms with Gasteiger partial charge in [0.2, 0.25) is 10.0 Å². The van der Waals surface area contributed by atoms with Crippen LogP contribution in [0.15, 0.2) is 17.3 Å². The van der Waals surface area contributed by atoms with Crippen molar-refractivity contribution in [2.75, 3.05) is 40.1 Å². The van der Waals surface area contributed by atoms with Gasteiger partial charge in [0.1, 0.15) is 4.90 Å². The first kappa shape index (κ1) is 17.1. The minimum atomic E-state index is -3.56. The number of aliphatic hydroxyl groups excluding tert-OH is 1. The second-order valence-electron chi connectivity index (χ2n) is 4.02. The Morgan fingerprint density at radius 1 is 1.40 bits per heavy atom. The number of nitrogens with one attached hydrogen (secondary N) is 1. The number of nitrogens with zero attached hydrogens (tertiary/aromatic N) is 2. The highest BCUT2D eigenvalue weighted by molar-refractivity contribution is 7.89. The van der Waals surface area contributed by atoms with Gasteiger partial charge in [0.05, 0.1) is 26.0 Å². The summed E-state index contributed by atoms with van der Waals surface area (Å²) in [4.78, 5) is 0.104. The molecule has 0 radical (unpaired) electrons. The number of aliphatic hydroxyl groups is 1. The Bertz CT molecular complexity index is 474. The maximum Gasteiger partial charge on any atom is 0.243 e. The number of ether oxygens (including phenoxy) is 2. The van der Waals surface area contributed by atoms with Crippen LogP contribution >= 0.6 is 0 Å². The van der Waals surface area contributed by atoms with Crippen molar-refractivity contribution in [3.63, 3.8) is 0 Å². The van der Waals surface area contributed by atoms with Crippen molar-refractivity contribution in [3.8, 4) is 0 Å². The molecule has 0 unspecified atom stereocenters. The fourth-order valence-corrected chi connectivity index (χ4v) is 2.38. The van der Waals surface area contributed by atoms with Crippen LogP contribution in [0.5, 0.6) is 0 Å². The van der Waals surface area contributed by atoms with Crippen molar-refractivity contribution < 1.29 is 23.0 Å². The quantitative estimate of drug-likeness (QED) is 0.519. The number of methoxy groups -OCH3 is 1. The third-order valence-corrected chi connectivity index (χ3v) is 3.85. The van der Waals surface area contributed by atoms with Crippen molar-refractivity contribution in [2.45, 2.75) is 17.9 Å². The van der Waals surface area contributed by atoms with Gasteiger partial charge in [0.25, 0.3) is 0 Å². The Kier molecular flexibility index (Phi) is 7.70. The lowest BCUT2D eigenvalue weighted by Gasteiger charge is -2.05. The molecule has 20 heavy (non-hydrogen) atoms. The molecule has 0 fully saturated rings. The van der Waals surface area contributed by atoms with Crippen LogP contribution in [0.1, 0.15) is 6.42 Å². The Morgan fingerprint density at radius 3 is 2.90 bits per heavy atom. The Hall–Kier alpha value is -1.00. The first-order chi connectivity index (χ1) is 9.60. The molecular weight excluding hydrogens is 286 g/mol. The highest BCUT2D eigenvalue weighted by Gasteiger charge is 2.15. The number of sulfonamides is 1. The molecule has 1 heterocycles. The summed E-state index contributed by atoms with van der Waals surface area (Å²) in [5.74, 6) is 0. The second kappa shape index (κ2) is 9.03. The molecule has 2 N–H and O–H groups in total. The summed E-state index contributed by atoms with van der Waals surface area (Å²) < 4.78 is 37.7. The van der Waals surface area contributed by atoms with E-state index in [1.807, 2.05) is 0 Å². The molecule has 0 aromatic carbocycles. The van der Waals surface area contributed by atoms with Gasteiger partial charge in [0.15, 0.2) is 0 Å². The molecule has 0 amide bonds. The molecule has 0 saturated heterocycles. The van der Waals surface area contributed by atoms with Crippen LogP contribution in [0.25, 0.3) is 0 Å². The topological polar surface area (TPSA) is 103 Å². The number of aryl methyl sites for hydroxylation is 1. The van der Waals surface area contributed by atoms with Gasteiger partial charge in [-0.05, 0) is 6.42 Å². The first-order valence-corrected chi connectivity index (χ1v) is 7.78. The van der Waals surface area contributed by atoms with E-state index < -0.39 is 10.0 Å². The van der Waals surface area contributed by atoms with Gasteiger partial charge in [-0.3, -0.25) is 4.68 Å². The number of hydrogen-bond donors (Lipinski definition) is 2. The Balaban J connectivity index is 2.38. The zero-order valence-corrected chi connectivity index (χ0v) is 12.3. The average Bonchev–Trinajstić information content (AvgIpc) is 2.90. The van der Waals surface area contributed by atoms with E-state index in [1.54, 1.807) is 7.11 Å². The molecule has 0 aliphatic rings. The summed E-state index contributed by atoms with van der Waals surface area (Å²) in [6, 6.07) is 0. The molecular formula is C11H21N3O5S. The molecule has 1 aromatic rings. The molecule has 0 saturated carbocycles. The van der Waals surface area contributed by atoms with Crippen LogP contribution in [0, 0.1) is 0 Å². The van der Waals surface area contributed by atoms with Crippen LogP contribution in [0.4, 0.5) is 0 Å². The maximum absolute atomic E-state index is 11.9. The van der Waals surface area contributed by atoms with Crippen molar-refractivity contribution in [3.05, 3.63) is 12.4 Å². The molecule has 0 aliphatic carbocycles. The second-order valence-corrected chi connectivity index (χ2v) is 5.79. The zero-order valence-electron chi connectivity index (χ0n) is 11.5. The van der Waals surface area contributed by atoms with E-state index >= 15 is 0 Å². The fourth-order valence-electron chi connectivity index (χ4n) is 1.41. The van der Waals surface area contributed by atoms with Gasteiger partial charge < -0.3 is 14.6 Å². The highest BCUT2D eigenvalue weighted by Crippen LogP contribution is 2.06. The number of aromatic nitrogens is 2. The van der Waals surface area contributed by atoms with Gasteiger partial charge in [-0.1, -0.05) is 0 Å². The molecule has 1 rings (SSSR count). The van der Waals surface area contributed by atoms with Crippen LogP contribution in [-0.4, -0.2) is 63.4 Å². The van der Waals surface area contributed by atoms with Crippen molar-refractivity contribution in [1.82, 2.24) is 14.5 Å². The summed E-state index contributed by atoms with van der Waals surface area (Å²) in [5, 5.41) is 12.6. The normalized spacial score (nSPS) is 11.9. The van der Waals surface area contributed by atoms with E-state index in [-0.39, 0.29) is 24.7 Å². The Morgan fingerprint density at radius 2 is 2.20 bits per heavy atom. The number of hydrogen-bond acceptors (Lipinski definition) is 6. The molecule has 0 atom stereocenters. The highest BCUT2D eigenvalue weighted by atomic mass is 32.2. The van der Waals surface area contributed by atoms with E-state index in [9.17, 15) is 8.42 Å². The summed E-state index contributed by atoms with van der Waals surface area (Å²) in [7, 11) is -1.99. The molecule has 0 spiro atoms. The van der Waals surface area contributed by atoms with Crippen LogP contribution in [-0.2, 0) is 26.0 Å². The molecule has 1 aromatic heterocycles. The van der Waals surface area contributed by atoms with Gasteiger partial charge in [0, 0.05) is 33.0 Å². The van der Waals surface area contributed by atoms with E-state index in [1.165, 1.54) is 17.1 Å². The minimum absolute atomic E-state index is 0.0407. The van der Waals surface area contributed by atoms with Gasteiger partial charge >= 0.3 is 0 Å². The fraction of sp³-hybridized carbons (Fsp3) is 0.727. The smallest absolute Gasteiger partial charge is 0.243 e. The Labute approximate surface area is 118 Å². The molecule has 0 aliphatic heterocycles. The number of rotatable bonds is 11. The van der Waals surface area contributed by atoms with Crippen molar-refractivity contribution >= 4 is 10.0 Å². The molecule has 0 bridgehead atoms. The van der Waals surface area contributed by atoms with Crippen LogP contribution in [0.2, 0.25) is 0 Å². The van der Waals surface area contributed by atoms with Crippen LogP contribution < -0.4 is 4.72 Å². The SMILES string of the molecule is COCCOCCNS(=O)(=O)c1cnn(CCCO)c1. The van der Waals surface area contributed by atoms with Crippen molar-refractivity contribution in [1.29, 1.82) is 0 Å². The summed E-state index contributed by atoms with van der Waals surface area (Å²) in [6.45, 7) is 1.89. The van der Waals surface area contributed by atoms with Crippen molar-refractivity contribution in [2.24, 2.45) is 0 Å². The third kappa shape index (κ3) is 5.97. The maximum atomic E-state index is 11.9. The van der Waals surface area contributed by atoms with Gasteiger partial charge in [-0.2, -0.15) is 5.10 Å². The van der Waals surface area contributed by atoms with Gasteiger partial charge in [-0.15, -0.1) is 0 Å². The van der Waals surface area contributed by atoms with E-state index in [0.717, 1.165) is 0 Å². The lowest BCUT2D eigenvalue weighted by Crippen LogP contribution is -2.27. The van der Waals surface area contributed by atoms with E-state index in [2.05, 4.69) is 9.82 Å². The van der Waals surface area contributed by atoms with E-state index in [0.29, 0.717) is 26.2 Å². The average molecular weight is 307 g/mol. The summed E-state index contributed by atoms with van der Waals surface area (Å²) in [5.41, 5.74) is 0. The van der Waals surface area contributed by atoms with Crippen LogP contribution in [0.3, 0.4) is 0 Å². The predicted octanol–water partition coefficient (Wildman–Crippen LogP) is -0.793. The van der Waals surface area contributed by atoms with E-state index in [4.69, 9.17) is 14.6 Å². The monoisotopic (exact) mass is 307 g/mol. The summed E-state index contributed by atoms with van der Waals surface area (Å²) >= 11 is 0. The predicted molar refractivity (Wildman–Crippen MR) is 71.8 cm³/mol. The molecule has 116 valence electrons. The molecule has 9 heteroatoms. The minimum Gasteiger partial charge on any atom is -0.396 e. The summed E-state index contributed by atoms with van der Waals surface area (Å²) in [6.07, 6.45) is 3.25. The zero-order chi connectivity index (χ0) is 14.8. The standard InChI is InChI=1S/C11H21N3O5S/c1-18-7-8-19-6-3-13-20(16,17)11-9-12-14(10-11)4-2-5-15/h9-10,13,15H,2-8H2,1H3. The largest absolute Gasteiger partial charge is 0.396 e. The third-order valence-electron chi connectivity index (χ3n) is 2.44. The molecule has 8 nitrogen and oxygen atoms in total. The first-order valence-electron chi connectivity index (χ1n) is 6.30. The lowest BCUT2D eigenvalue weighted by molar-refractivity contribution is 0.0736. The lowest BCUT2D eigenvalue weighted by atomic mass is 10.5. The van der Waals surface area contributed by atoms with Gasteiger partial charge in [-0.25, -0.2) is 13.1 Å².